The third-order valence-corrected chi connectivity index (χ3v) is 6.26. The van der Waals surface area contributed by atoms with Crippen molar-refractivity contribution in [2.24, 2.45) is 5.92 Å². The van der Waals surface area contributed by atoms with Crippen molar-refractivity contribution in [1.29, 1.82) is 0 Å². The number of amides is 1. The van der Waals surface area contributed by atoms with Crippen LogP contribution >= 0.6 is 0 Å². The first kappa shape index (κ1) is 22.0. The van der Waals surface area contributed by atoms with E-state index in [0.29, 0.717) is 24.1 Å². The van der Waals surface area contributed by atoms with Crippen molar-refractivity contribution >= 4 is 15.9 Å². The summed E-state index contributed by atoms with van der Waals surface area (Å²) in [6.45, 7) is 9.50. The molecule has 28 heavy (non-hydrogen) atoms. The van der Waals surface area contributed by atoms with Gasteiger partial charge in [0.25, 0.3) is 0 Å². The van der Waals surface area contributed by atoms with E-state index in [1.807, 2.05) is 51.1 Å². The van der Waals surface area contributed by atoms with E-state index >= 15 is 0 Å². The lowest BCUT2D eigenvalue weighted by atomic mass is 10.1. The molecule has 1 heterocycles. The van der Waals surface area contributed by atoms with Crippen LogP contribution in [0.1, 0.15) is 36.2 Å². The fraction of sp³-hybridized carbons (Fsp3) is 0.429. The predicted octanol–water partition coefficient (Wildman–Crippen LogP) is 2.67. The van der Waals surface area contributed by atoms with Crippen LogP contribution in [0, 0.1) is 26.7 Å². The minimum absolute atomic E-state index is 0.198. The van der Waals surface area contributed by atoms with E-state index in [9.17, 15) is 13.2 Å². The summed E-state index contributed by atoms with van der Waals surface area (Å²) in [5, 5.41) is 2.82. The molecule has 0 bridgehead atoms. The lowest BCUT2D eigenvalue weighted by molar-refractivity contribution is -0.123. The zero-order valence-electron chi connectivity index (χ0n) is 17.1. The molecule has 1 amide bonds. The zero-order chi connectivity index (χ0) is 20.9. The van der Waals surface area contributed by atoms with Gasteiger partial charge in [0.05, 0.1) is 4.90 Å². The van der Waals surface area contributed by atoms with Gasteiger partial charge in [-0.25, -0.2) is 8.42 Å². The molecule has 2 N–H and O–H groups in total. The molecule has 0 aliphatic carbocycles. The van der Waals surface area contributed by atoms with Gasteiger partial charge in [-0.2, -0.15) is 4.72 Å². The fourth-order valence-corrected chi connectivity index (χ4v) is 5.08. The zero-order valence-corrected chi connectivity index (χ0v) is 17.9. The highest BCUT2D eigenvalue weighted by atomic mass is 32.2. The Hall–Kier alpha value is -2.25. The number of benzene rings is 1. The number of carbonyl (C=O) groups is 1. The standard InChI is InChI=1S/C21H29N3O3S/c1-14(2)19(21(25)23-11-9-18-8-6-7-10-22-18)24-28(26,27)20-16(4)12-15(3)13-17(20)5/h6-8,10,12-14,19,24H,9,11H2,1-5H3,(H,23,25). The number of sulfonamides is 1. The molecule has 0 aliphatic rings. The Morgan fingerprint density at radius 2 is 1.75 bits per heavy atom. The Balaban J connectivity index is 2.12. The van der Waals surface area contributed by atoms with Crippen LogP contribution in [0.15, 0.2) is 41.4 Å². The van der Waals surface area contributed by atoms with Crippen LogP contribution in [0.4, 0.5) is 0 Å². The highest BCUT2D eigenvalue weighted by Gasteiger charge is 2.30. The topological polar surface area (TPSA) is 88.2 Å². The summed E-state index contributed by atoms with van der Waals surface area (Å²) < 4.78 is 28.6. The Bertz CT molecular complexity index is 902. The maximum Gasteiger partial charge on any atom is 0.241 e. The third kappa shape index (κ3) is 5.62. The molecule has 2 rings (SSSR count). The molecular weight excluding hydrogens is 374 g/mol. The monoisotopic (exact) mass is 403 g/mol. The van der Waals surface area contributed by atoms with Gasteiger partial charge in [-0.15, -0.1) is 0 Å². The van der Waals surface area contributed by atoms with Crippen molar-refractivity contribution in [3.05, 3.63) is 58.9 Å². The van der Waals surface area contributed by atoms with Gasteiger partial charge in [0.15, 0.2) is 0 Å². The van der Waals surface area contributed by atoms with Gasteiger partial charge >= 0.3 is 0 Å². The summed E-state index contributed by atoms with van der Waals surface area (Å²) in [4.78, 5) is 17.1. The lowest BCUT2D eigenvalue weighted by Crippen LogP contribution is -2.50. The van der Waals surface area contributed by atoms with Crippen molar-refractivity contribution in [2.75, 3.05) is 6.54 Å². The van der Waals surface area contributed by atoms with Crippen LogP contribution < -0.4 is 10.0 Å². The van der Waals surface area contributed by atoms with E-state index in [0.717, 1.165) is 11.3 Å². The minimum atomic E-state index is -3.83. The van der Waals surface area contributed by atoms with Crippen LogP contribution in [0.2, 0.25) is 0 Å². The SMILES string of the molecule is Cc1cc(C)c(S(=O)(=O)NC(C(=O)NCCc2ccccn2)C(C)C)c(C)c1. The Labute approximate surface area is 167 Å². The van der Waals surface area contributed by atoms with Gasteiger partial charge in [0, 0.05) is 24.9 Å². The maximum atomic E-state index is 13.0. The van der Waals surface area contributed by atoms with E-state index in [-0.39, 0.29) is 16.7 Å². The number of aryl methyl sites for hydroxylation is 3. The second-order valence-electron chi connectivity index (χ2n) is 7.43. The Morgan fingerprint density at radius 1 is 1.11 bits per heavy atom. The van der Waals surface area contributed by atoms with Gasteiger partial charge in [-0.05, 0) is 49.9 Å². The third-order valence-electron chi connectivity index (χ3n) is 4.51. The van der Waals surface area contributed by atoms with Crippen LogP contribution in [-0.2, 0) is 21.2 Å². The summed E-state index contributed by atoms with van der Waals surface area (Å²) in [6.07, 6.45) is 2.29. The molecule has 1 atom stereocenters. The quantitative estimate of drug-likeness (QED) is 0.709. The summed E-state index contributed by atoms with van der Waals surface area (Å²) in [5.41, 5.74) is 3.21. The molecule has 0 saturated heterocycles. The molecule has 152 valence electrons. The average molecular weight is 404 g/mol. The number of rotatable bonds is 8. The molecule has 0 fully saturated rings. The van der Waals surface area contributed by atoms with Crippen molar-refractivity contribution in [3.8, 4) is 0 Å². The van der Waals surface area contributed by atoms with Crippen molar-refractivity contribution in [3.63, 3.8) is 0 Å². The molecule has 0 spiro atoms. The second-order valence-corrected chi connectivity index (χ2v) is 9.08. The van der Waals surface area contributed by atoms with Crippen LogP contribution in [-0.4, -0.2) is 31.9 Å². The van der Waals surface area contributed by atoms with E-state index < -0.39 is 16.1 Å². The van der Waals surface area contributed by atoms with Crippen LogP contribution in [0.25, 0.3) is 0 Å². The maximum absolute atomic E-state index is 13.0. The molecule has 1 unspecified atom stereocenters. The molecular formula is C21H29N3O3S. The molecule has 1 aromatic heterocycles. The molecule has 0 aliphatic heterocycles. The smallest absolute Gasteiger partial charge is 0.241 e. The summed E-state index contributed by atoms with van der Waals surface area (Å²) in [6, 6.07) is 8.42. The number of hydrogen-bond acceptors (Lipinski definition) is 4. The highest BCUT2D eigenvalue weighted by molar-refractivity contribution is 7.89. The van der Waals surface area contributed by atoms with Crippen LogP contribution in [0.5, 0.6) is 0 Å². The first-order chi connectivity index (χ1) is 13.1. The summed E-state index contributed by atoms with van der Waals surface area (Å²) in [5.74, 6) is -0.535. The Morgan fingerprint density at radius 3 is 2.29 bits per heavy atom. The number of aromatic nitrogens is 1. The van der Waals surface area contributed by atoms with Gasteiger partial charge < -0.3 is 5.32 Å². The van der Waals surface area contributed by atoms with Crippen molar-refractivity contribution in [2.45, 2.75) is 52.0 Å². The van der Waals surface area contributed by atoms with E-state index in [1.54, 1.807) is 20.0 Å². The minimum Gasteiger partial charge on any atom is -0.354 e. The van der Waals surface area contributed by atoms with Crippen LogP contribution in [0.3, 0.4) is 0 Å². The molecule has 0 radical (unpaired) electrons. The average Bonchev–Trinajstić information content (AvgIpc) is 2.59. The molecule has 7 heteroatoms. The van der Waals surface area contributed by atoms with Gasteiger partial charge in [-0.3, -0.25) is 9.78 Å². The van der Waals surface area contributed by atoms with Gasteiger partial charge in [0.2, 0.25) is 15.9 Å². The van der Waals surface area contributed by atoms with Crippen molar-refractivity contribution in [1.82, 2.24) is 15.0 Å². The first-order valence-electron chi connectivity index (χ1n) is 9.39. The number of carbonyl (C=O) groups excluding carboxylic acids is 1. The molecule has 1 aromatic carbocycles. The van der Waals surface area contributed by atoms with E-state index in [4.69, 9.17) is 0 Å². The van der Waals surface area contributed by atoms with Gasteiger partial charge in [-0.1, -0.05) is 37.6 Å². The van der Waals surface area contributed by atoms with E-state index in [1.165, 1.54) is 0 Å². The normalized spacial score (nSPS) is 12.8. The van der Waals surface area contributed by atoms with E-state index in [2.05, 4.69) is 15.0 Å². The second kappa shape index (κ2) is 9.30. The number of nitrogens with zero attached hydrogens (tertiary/aromatic N) is 1. The van der Waals surface area contributed by atoms with Gasteiger partial charge in [0.1, 0.15) is 6.04 Å². The predicted molar refractivity (Wildman–Crippen MR) is 111 cm³/mol. The number of nitrogens with one attached hydrogen (secondary N) is 2. The molecule has 6 nitrogen and oxygen atoms in total. The molecule has 2 aromatic rings. The summed E-state index contributed by atoms with van der Waals surface area (Å²) in [7, 11) is -3.83. The summed E-state index contributed by atoms with van der Waals surface area (Å²) >= 11 is 0. The largest absolute Gasteiger partial charge is 0.354 e. The molecule has 0 saturated carbocycles. The first-order valence-corrected chi connectivity index (χ1v) is 10.9. The number of pyridine rings is 1. The fourth-order valence-electron chi connectivity index (χ4n) is 3.28. The Kier molecular flexibility index (Phi) is 7.32. The van der Waals surface area contributed by atoms with Crippen molar-refractivity contribution < 1.29 is 13.2 Å². The number of hydrogen-bond donors (Lipinski definition) is 2. The lowest BCUT2D eigenvalue weighted by Gasteiger charge is -2.23. The highest BCUT2D eigenvalue weighted by Crippen LogP contribution is 2.22.